The molecule has 0 saturated heterocycles. The molecule has 1 aromatic carbocycles. The Morgan fingerprint density at radius 2 is 2.04 bits per heavy atom. The maximum absolute atomic E-state index is 13.1. The third kappa shape index (κ3) is 4.59. The lowest BCUT2D eigenvalue weighted by Crippen LogP contribution is -2.37. The van der Waals surface area contributed by atoms with Crippen LogP contribution in [0.4, 0.5) is 5.82 Å². The molecule has 1 aliphatic rings. The van der Waals surface area contributed by atoms with Gasteiger partial charge in [0.25, 0.3) is 0 Å². The number of carbonyl (C=O) groups excluding carboxylic acids is 1. The van der Waals surface area contributed by atoms with Crippen molar-refractivity contribution in [2.24, 2.45) is 29.4 Å². The van der Waals surface area contributed by atoms with E-state index in [9.17, 15) is 4.79 Å². The summed E-state index contributed by atoms with van der Waals surface area (Å²) in [5.74, 6) is 2.49. The fourth-order valence-electron chi connectivity index (χ4n) is 4.28. The minimum absolute atomic E-state index is 0.0650. The van der Waals surface area contributed by atoms with Crippen LogP contribution in [0.5, 0.6) is 0 Å². The third-order valence-corrected chi connectivity index (χ3v) is 5.80. The van der Waals surface area contributed by atoms with E-state index in [-0.39, 0.29) is 11.8 Å². The van der Waals surface area contributed by atoms with E-state index in [1.807, 2.05) is 41.1 Å². The van der Waals surface area contributed by atoms with Crippen molar-refractivity contribution in [3.05, 3.63) is 36.4 Å². The van der Waals surface area contributed by atoms with Gasteiger partial charge in [-0.05, 0) is 30.6 Å². The van der Waals surface area contributed by atoms with Gasteiger partial charge in [-0.3, -0.25) is 4.79 Å². The zero-order valence-electron chi connectivity index (χ0n) is 16.7. The Kier molecular flexibility index (Phi) is 6.32. The quantitative estimate of drug-likeness (QED) is 0.804. The number of rotatable bonds is 6. The zero-order chi connectivity index (χ0) is 19.4. The summed E-state index contributed by atoms with van der Waals surface area (Å²) in [4.78, 5) is 13.1. The Morgan fingerprint density at radius 3 is 2.70 bits per heavy atom. The van der Waals surface area contributed by atoms with Crippen molar-refractivity contribution in [2.75, 3.05) is 11.9 Å². The highest BCUT2D eigenvalue weighted by atomic mass is 16.2. The lowest BCUT2D eigenvalue weighted by atomic mass is 9.70. The second-order valence-electron chi connectivity index (χ2n) is 8.21. The fraction of sp³-hybridized carbons (Fsp3) is 0.545. The minimum Gasteiger partial charge on any atom is -0.329 e. The molecule has 2 aromatic rings. The van der Waals surface area contributed by atoms with E-state index in [4.69, 9.17) is 5.73 Å². The van der Waals surface area contributed by atoms with E-state index in [1.54, 1.807) is 0 Å². The maximum atomic E-state index is 13.1. The summed E-state index contributed by atoms with van der Waals surface area (Å²) >= 11 is 0. The molecule has 5 nitrogen and oxygen atoms in total. The topological polar surface area (TPSA) is 72.9 Å². The number of nitrogens with two attached hydrogens (primary N) is 1. The number of nitrogens with zero attached hydrogens (tertiary/aromatic N) is 2. The van der Waals surface area contributed by atoms with Gasteiger partial charge < -0.3 is 11.1 Å². The molecule has 1 fully saturated rings. The van der Waals surface area contributed by atoms with Gasteiger partial charge in [0.2, 0.25) is 5.91 Å². The van der Waals surface area contributed by atoms with Gasteiger partial charge in [0.1, 0.15) is 5.82 Å². The number of carbonyl (C=O) groups is 1. The van der Waals surface area contributed by atoms with Crippen LogP contribution in [0.2, 0.25) is 0 Å². The van der Waals surface area contributed by atoms with Crippen LogP contribution in [0.3, 0.4) is 0 Å². The first kappa shape index (κ1) is 19.6. The van der Waals surface area contributed by atoms with Gasteiger partial charge in [0, 0.05) is 24.1 Å². The van der Waals surface area contributed by atoms with E-state index in [2.05, 4.69) is 31.2 Å². The monoisotopic (exact) mass is 368 g/mol. The summed E-state index contributed by atoms with van der Waals surface area (Å²) in [5, 5.41) is 7.83. The Balaban J connectivity index is 1.83. The fourth-order valence-corrected chi connectivity index (χ4v) is 4.28. The van der Waals surface area contributed by atoms with E-state index in [1.165, 1.54) is 6.42 Å². The lowest BCUT2D eigenvalue weighted by molar-refractivity contribution is -0.124. The van der Waals surface area contributed by atoms with E-state index in [0.717, 1.165) is 29.9 Å². The van der Waals surface area contributed by atoms with Gasteiger partial charge in [0.05, 0.1) is 12.2 Å². The Bertz CT molecular complexity index is 753. The molecule has 3 atom stereocenters. The van der Waals surface area contributed by atoms with E-state index >= 15 is 0 Å². The second kappa shape index (κ2) is 8.70. The molecular formula is C22H32N4O. The number of benzene rings is 1. The molecule has 0 spiro atoms. The minimum atomic E-state index is 0.0650. The Labute approximate surface area is 162 Å². The van der Waals surface area contributed by atoms with E-state index in [0.29, 0.717) is 30.8 Å². The van der Waals surface area contributed by atoms with Gasteiger partial charge >= 0.3 is 0 Å². The molecule has 3 unspecified atom stereocenters. The summed E-state index contributed by atoms with van der Waals surface area (Å²) in [6, 6.07) is 12.0. The van der Waals surface area contributed by atoms with Crippen molar-refractivity contribution in [3.8, 4) is 11.3 Å². The number of nitrogens with one attached hydrogen (secondary N) is 1. The largest absolute Gasteiger partial charge is 0.329 e. The van der Waals surface area contributed by atoms with Crippen LogP contribution >= 0.6 is 0 Å². The summed E-state index contributed by atoms with van der Waals surface area (Å²) in [6.07, 6.45) is 3.31. The molecule has 1 aromatic heterocycles. The molecule has 1 aliphatic carbocycles. The van der Waals surface area contributed by atoms with Crippen LogP contribution in [-0.4, -0.2) is 22.2 Å². The van der Waals surface area contributed by atoms with Gasteiger partial charge in [-0.15, -0.1) is 0 Å². The summed E-state index contributed by atoms with van der Waals surface area (Å²) in [7, 11) is 0. The lowest BCUT2D eigenvalue weighted by Gasteiger charge is -2.36. The molecule has 0 bridgehead atoms. The number of aromatic nitrogens is 2. The zero-order valence-corrected chi connectivity index (χ0v) is 16.7. The van der Waals surface area contributed by atoms with Gasteiger partial charge in [-0.25, -0.2) is 4.68 Å². The van der Waals surface area contributed by atoms with Crippen molar-refractivity contribution in [1.82, 2.24) is 9.78 Å². The molecular weight excluding hydrogens is 336 g/mol. The molecule has 146 valence electrons. The normalized spacial score (nSPS) is 22.8. The third-order valence-electron chi connectivity index (χ3n) is 5.80. The molecule has 1 saturated carbocycles. The highest BCUT2D eigenvalue weighted by Gasteiger charge is 2.35. The van der Waals surface area contributed by atoms with Crippen LogP contribution in [0.25, 0.3) is 11.3 Å². The second-order valence-corrected chi connectivity index (χ2v) is 8.21. The first-order valence-electron chi connectivity index (χ1n) is 10.1. The van der Waals surface area contributed by atoms with Gasteiger partial charge in [0.15, 0.2) is 0 Å². The molecule has 1 heterocycles. The van der Waals surface area contributed by atoms with Crippen molar-refractivity contribution in [2.45, 2.75) is 46.6 Å². The summed E-state index contributed by atoms with van der Waals surface area (Å²) in [5.41, 5.74) is 7.65. The first-order valence-corrected chi connectivity index (χ1v) is 10.1. The summed E-state index contributed by atoms with van der Waals surface area (Å²) < 4.78 is 1.82. The molecule has 1 amide bonds. The van der Waals surface area contributed by atoms with Crippen LogP contribution in [0.15, 0.2) is 36.4 Å². The van der Waals surface area contributed by atoms with Gasteiger partial charge in [-0.1, -0.05) is 57.5 Å². The highest BCUT2D eigenvalue weighted by Crippen LogP contribution is 2.38. The maximum Gasteiger partial charge on any atom is 0.228 e. The number of amides is 1. The Hall–Kier alpha value is -2.14. The van der Waals surface area contributed by atoms with Crippen LogP contribution in [0.1, 0.15) is 40.0 Å². The average molecular weight is 369 g/mol. The van der Waals surface area contributed by atoms with E-state index < -0.39 is 0 Å². The first-order chi connectivity index (χ1) is 13.0. The number of hydrogen-bond acceptors (Lipinski definition) is 3. The highest BCUT2D eigenvalue weighted by molar-refractivity contribution is 5.92. The van der Waals surface area contributed by atoms with Crippen molar-refractivity contribution in [3.63, 3.8) is 0 Å². The molecule has 3 rings (SSSR count). The standard InChI is InChI=1S/C22H32N4O/c1-15(2)18-10-9-16(3)13-19(18)22(27)24-21-14-20(25-26(21)12-11-23)17-7-5-4-6-8-17/h4-8,14-16,18-19H,9-13,23H2,1-3H3,(H,24,27). The average Bonchev–Trinajstić information content (AvgIpc) is 3.05. The van der Waals surface area contributed by atoms with Crippen LogP contribution < -0.4 is 11.1 Å². The predicted octanol–water partition coefficient (Wildman–Crippen LogP) is 4.16. The van der Waals surface area contributed by atoms with Crippen molar-refractivity contribution >= 4 is 11.7 Å². The Morgan fingerprint density at radius 1 is 1.30 bits per heavy atom. The molecule has 3 N–H and O–H groups in total. The van der Waals surface area contributed by atoms with Gasteiger partial charge in [-0.2, -0.15) is 5.10 Å². The molecule has 0 radical (unpaired) electrons. The smallest absolute Gasteiger partial charge is 0.228 e. The molecule has 27 heavy (non-hydrogen) atoms. The SMILES string of the molecule is CC1CCC(C(C)C)C(C(=O)Nc2cc(-c3ccccc3)nn2CCN)C1. The molecule has 5 heteroatoms. The van der Waals surface area contributed by atoms with Crippen LogP contribution in [-0.2, 0) is 11.3 Å². The number of hydrogen-bond donors (Lipinski definition) is 2. The van der Waals surface area contributed by atoms with Crippen molar-refractivity contribution in [1.29, 1.82) is 0 Å². The molecule has 0 aliphatic heterocycles. The van der Waals surface area contributed by atoms with Crippen LogP contribution in [0, 0.1) is 23.7 Å². The summed E-state index contributed by atoms with van der Waals surface area (Å²) in [6.45, 7) is 7.77. The van der Waals surface area contributed by atoms with Crippen molar-refractivity contribution < 1.29 is 4.79 Å². The number of anilines is 1. The predicted molar refractivity (Wildman–Crippen MR) is 110 cm³/mol.